The first-order chi connectivity index (χ1) is 8.81. The van der Waals surface area contributed by atoms with Gasteiger partial charge in [0.1, 0.15) is 11.1 Å². The molecule has 2 N–H and O–H groups in total. The highest BCUT2D eigenvalue weighted by Crippen LogP contribution is 2.27. The van der Waals surface area contributed by atoms with Gasteiger partial charge in [0, 0.05) is 18.7 Å². The summed E-state index contributed by atoms with van der Waals surface area (Å²) in [7, 11) is 0. The normalized spacial score (nSPS) is 11.5. The van der Waals surface area contributed by atoms with Crippen molar-refractivity contribution in [2.45, 2.75) is 19.9 Å². The van der Waals surface area contributed by atoms with Crippen LogP contribution in [0.15, 0.2) is 18.2 Å². The number of benzene rings is 1. The Balaban J connectivity index is 2.83. The van der Waals surface area contributed by atoms with Crippen LogP contribution in [-0.2, 0) is 9.59 Å². The summed E-state index contributed by atoms with van der Waals surface area (Å²) >= 11 is 5.65. The van der Waals surface area contributed by atoms with Crippen molar-refractivity contribution in [3.63, 3.8) is 0 Å². The molecule has 0 radical (unpaired) electrons. The maximum Gasteiger partial charge on any atom is 0.289 e. The average Bonchev–Trinajstić information content (AvgIpc) is 2.30. The Labute approximate surface area is 114 Å². The summed E-state index contributed by atoms with van der Waals surface area (Å²) in [4.78, 5) is 32.5. The second-order valence-corrected chi connectivity index (χ2v) is 4.24. The number of nitrogens with one attached hydrogen (secondary N) is 2. The molecule has 0 bridgehead atoms. The van der Waals surface area contributed by atoms with Crippen molar-refractivity contribution in [3.8, 4) is 0 Å². The van der Waals surface area contributed by atoms with E-state index in [0.29, 0.717) is 0 Å². The predicted octanol–water partition coefficient (Wildman–Crippen LogP) is 1.71. The van der Waals surface area contributed by atoms with Crippen LogP contribution in [0.2, 0.25) is 5.02 Å². The molecule has 7 nitrogen and oxygen atoms in total. The number of nitrogens with zero attached hydrogens (tertiary/aromatic N) is 1. The van der Waals surface area contributed by atoms with Gasteiger partial charge in [-0.05, 0) is 19.1 Å². The Morgan fingerprint density at radius 2 is 2.05 bits per heavy atom. The van der Waals surface area contributed by atoms with E-state index < -0.39 is 16.9 Å². The number of anilines is 1. The summed E-state index contributed by atoms with van der Waals surface area (Å²) in [5, 5.41) is 15.5. The quantitative estimate of drug-likeness (QED) is 0.649. The first kappa shape index (κ1) is 14.9. The number of carbonyl (C=O) groups is 2. The molecule has 1 aromatic carbocycles. The molecule has 0 saturated heterocycles. The van der Waals surface area contributed by atoms with Crippen LogP contribution < -0.4 is 10.6 Å². The molecule has 0 fully saturated rings. The molecule has 1 atom stereocenters. The summed E-state index contributed by atoms with van der Waals surface area (Å²) in [5.41, 5.74) is -0.0649. The van der Waals surface area contributed by atoms with Crippen molar-refractivity contribution in [1.29, 1.82) is 0 Å². The standard InChI is InChI=1S/C11H12ClN3O4/c1-6(13-7(2)16)11(17)14-8-3-4-9(12)10(5-8)15(18)19/h3-6H,1-2H3,(H,13,16)(H,14,17). The van der Waals surface area contributed by atoms with Gasteiger partial charge >= 0.3 is 0 Å². The molecule has 0 aliphatic rings. The maximum atomic E-state index is 11.7. The van der Waals surface area contributed by atoms with Crippen LogP contribution in [0.5, 0.6) is 0 Å². The Morgan fingerprint density at radius 3 is 2.58 bits per heavy atom. The molecule has 0 heterocycles. The minimum absolute atomic E-state index is 0.0158. The van der Waals surface area contributed by atoms with E-state index in [1.54, 1.807) is 0 Å². The minimum Gasteiger partial charge on any atom is -0.345 e. The molecule has 0 aliphatic carbocycles. The van der Waals surface area contributed by atoms with E-state index in [4.69, 9.17) is 11.6 Å². The van der Waals surface area contributed by atoms with Crippen LogP contribution in [0.4, 0.5) is 11.4 Å². The molecule has 19 heavy (non-hydrogen) atoms. The van der Waals surface area contributed by atoms with E-state index in [-0.39, 0.29) is 22.3 Å². The van der Waals surface area contributed by atoms with Crippen LogP contribution >= 0.6 is 11.6 Å². The van der Waals surface area contributed by atoms with Crippen LogP contribution in [0.3, 0.4) is 0 Å². The minimum atomic E-state index is -0.743. The third kappa shape index (κ3) is 4.22. The lowest BCUT2D eigenvalue weighted by molar-refractivity contribution is -0.384. The van der Waals surface area contributed by atoms with E-state index in [1.165, 1.54) is 26.0 Å². The predicted molar refractivity (Wildman–Crippen MR) is 70.0 cm³/mol. The summed E-state index contributed by atoms with van der Waals surface area (Å²) < 4.78 is 0. The van der Waals surface area contributed by atoms with Crippen molar-refractivity contribution < 1.29 is 14.5 Å². The lowest BCUT2D eigenvalue weighted by Gasteiger charge is -2.12. The van der Waals surface area contributed by atoms with Crippen molar-refractivity contribution in [2.24, 2.45) is 0 Å². The van der Waals surface area contributed by atoms with Crippen LogP contribution in [0.25, 0.3) is 0 Å². The number of rotatable bonds is 4. The van der Waals surface area contributed by atoms with Crippen LogP contribution in [-0.4, -0.2) is 22.8 Å². The SMILES string of the molecule is CC(=O)NC(C)C(=O)Nc1ccc(Cl)c([N+](=O)[O-])c1. The third-order valence-electron chi connectivity index (χ3n) is 2.22. The smallest absolute Gasteiger partial charge is 0.289 e. The molecule has 0 aromatic heterocycles. The Morgan fingerprint density at radius 1 is 1.42 bits per heavy atom. The topological polar surface area (TPSA) is 101 Å². The molecule has 1 aromatic rings. The van der Waals surface area contributed by atoms with Crippen LogP contribution in [0.1, 0.15) is 13.8 Å². The second kappa shape index (κ2) is 6.14. The van der Waals surface area contributed by atoms with Crippen molar-refractivity contribution in [3.05, 3.63) is 33.3 Å². The maximum absolute atomic E-state index is 11.7. The summed E-state index contributed by atoms with van der Waals surface area (Å²) in [6.07, 6.45) is 0. The molecule has 0 aliphatic heterocycles. The van der Waals surface area contributed by atoms with E-state index >= 15 is 0 Å². The van der Waals surface area contributed by atoms with E-state index in [0.717, 1.165) is 6.07 Å². The summed E-state index contributed by atoms with van der Waals surface area (Å²) in [5.74, 6) is -0.823. The fourth-order valence-corrected chi connectivity index (χ4v) is 1.54. The molecule has 2 amide bonds. The molecule has 8 heteroatoms. The monoisotopic (exact) mass is 285 g/mol. The highest BCUT2D eigenvalue weighted by atomic mass is 35.5. The number of amides is 2. The number of nitro groups is 1. The third-order valence-corrected chi connectivity index (χ3v) is 2.54. The lowest BCUT2D eigenvalue weighted by atomic mass is 10.2. The van der Waals surface area contributed by atoms with Gasteiger partial charge in [0.25, 0.3) is 5.69 Å². The molecule has 0 saturated carbocycles. The fraction of sp³-hybridized carbons (Fsp3) is 0.273. The number of hydrogen-bond donors (Lipinski definition) is 2. The highest BCUT2D eigenvalue weighted by Gasteiger charge is 2.17. The van der Waals surface area contributed by atoms with Crippen molar-refractivity contribution in [1.82, 2.24) is 5.32 Å². The van der Waals surface area contributed by atoms with Gasteiger partial charge < -0.3 is 10.6 Å². The zero-order valence-electron chi connectivity index (χ0n) is 10.3. The average molecular weight is 286 g/mol. The molecule has 1 unspecified atom stereocenters. The van der Waals surface area contributed by atoms with Crippen molar-refractivity contribution >= 4 is 34.8 Å². The van der Waals surface area contributed by atoms with Gasteiger partial charge in [-0.15, -0.1) is 0 Å². The Hall–Kier alpha value is -2.15. The number of hydrogen-bond acceptors (Lipinski definition) is 4. The first-order valence-corrected chi connectivity index (χ1v) is 5.71. The Bertz CT molecular complexity index is 533. The van der Waals surface area contributed by atoms with E-state index in [1.807, 2.05) is 0 Å². The van der Waals surface area contributed by atoms with Gasteiger partial charge in [0.15, 0.2) is 0 Å². The van der Waals surface area contributed by atoms with Crippen LogP contribution in [0, 0.1) is 10.1 Å². The van der Waals surface area contributed by atoms with Gasteiger partial charge in [-0.25, -0.2) is 0 Å². The summed E-state index contributed by atoms with van der Waals surface area (Å²) in [6, 6.07) is 3.17. The molecule has 0 spiro atoms. The van der Waals surface area contributed by atoms with Gasteiger partial charge in [0.2, 0.25) is 11.8 Å². The first-order valence-electron chi connectivity index (χ1n) is 5.33. The van der Waals surface area contributed by atoms with E-state index in [2.05, 4.69) is 10.6 Å². The largest absolute Gasteiger partial charge is 0.345 e. The Kier molecular flexibility index (Phi) is 4.82. The highest BCUT2D eigenvalue weighted by molar-refractivity contribution is 6.32. The fourth-order valence-electron chi connectivity index (χ4n) is 1.35. The summed E-state index contributed by atoms with van der Waals surface area (Å²) in [6.45, 7) is 2.79. The zero-order chi connectivity index (χ0) is 14.6. The lowest BCUT2D eigenvalue weighted by Crippen LogP contribution is -2.40. The number of halogens is 1. The van der Waals surface area contributed by atoms with E-state index in [9.17, 15) is 19.7 Å². The number of nitro benzene ring substituents is 1. The second-order valence-electron chi connectivity index (χ2n) is 3.83. The molecule has 1 rings (SSSR count). The van der Waals surface area contributed by atoms with Gasteiger partial charge in [-0.2, -0.15) is 0 Å². The van der Waals surface area contributed by atoms with Gasteiger partial charge in [-0.1, -0.05) is 11.6 Å². The van der Waals surface area contributed by atoms with Crippen molar-refractivity contribution in [2.75, 3.05) is 5.32 Å². The molecular weight excluding hydrogens is 274 g/mol. The van der Waals surface area contributed by atoms with Gasteiger partial charge in [-0.3, -0.25) is 19.7 Å². The molecular formula is C11H12ClN3O4. The van der Waals surface area contributed by atoms with Gasteiger partial charge in [0.05, 0.1) is 4.92 Å². The number of carbonyl (C=O) groups excluding carboxylic acids is 2. The molecule has 102 valence electrons. The zero-order valence-corrected chi connectivity index (χ0v) is 11.0.